The summed E-state index contributed by atoms with van der Waals surface area (Å²) in [5.41, 5.74) is -1.38. The Kier molecular flexibility index (Phi) is 5.76. The molecule has 9 heteroatoms. The molecule has 1 saturated carbocycles. The van der Waals surface area contributed by atoms with Crippen LogP contribution in [0.4, 0.5) is 4.39 Å². The molecule has 0 spiro atoms. The SMILES string of the molecule is CC(CS(=O)(=O)C1(C#N)CC1)(NS(=O)C(C)(C)C)c1cc(Br)ccc1F. The predicted molar refractivity (Wildman–Crippen MR) is 104 cm³/mol. The zero-order valence-electron chi connectivity index (χ0n) is 15.1. The van der Waals surface area contributed by atoms with Gasteiger partial charge in [0.2, 0.25) is 0 Å². The lowest BCUT2D eigenvalue weighted by molar-refractivity contribution is 0.450. The Morgan fingerprint density at radius 1 is 1.35 bits per heavy atom. The fourth-order valence-electron chi connectivity index (χ4n) is 2.56. The van der Waals surface area contributed by atoms with E-state index in [2.05, 4.69) is 20.7 Å². The van der Waals surface area contributed by atoms with Crippen LogP contribution in [0.3, 0.4) is 0 Å². The molecule has 0 heterocycles. The lowest BCUT2D eigenvalue weighted by atomic mass is 9.95. The number of rotatable bonds is 6. The summed E-state index contributed by atoms with van der Waals surface area (Å²) < 4.78 is 54.3. The van der Waals surface area contributed by atoms with Gasteiger partial charge in [-0.05, 0) is 58.7 Å². The molecule has 1 aromatic carbocycles. The summed E-state index contributed by atoms with van der Waals surface area (Å²) in [7, 11) is -5.51. The van der Waals surface area contributed by atoms with Gasteiger partial charge in [0.25, 0.3) is 0 Å². The largest absolute Gasteiger partial charge is 0.242 e. The van der Waals surface area contributed by atoms with Gasteiger partial charge in [0.15, 0.2) is 14.6 Å². The Bertz CT molecular complexity index is 886. The molecular formula is C17H22BrFN2O3S2. The Morgan fingerprint density at radius 2 is 1.92 bits per heavy atom. The van der Waals surface area contributed by atoms with E-state index in [4.69, 9.17) is 0 Å². The van der Waals surface area contributed by atoms with Crippen LogP contribution in [-0.2, 0) is 26.4 Å². The second-order valence-electron chi connectivity index (χ2n) is 7.80. The molecule has 0 amide bonds. The molecule has 144 valence electrons. The van der Waals surface area contributed by atoms with Crippen LogP contribution in [-0.4, -0.2) is 27.9 Å². The predicted octanol–water partition coefficient (Wildman–Crippen LogP) is 3.33. The molecule has 1 aromatic rings. The zero-order chi connectivity index (χ0) is 20.0. The van der Waals surface area contributed by atoms with Crippen molar-refractivity contribution in [2.24, 2.45) is 0 Å². The first-order chi connectivity index (χ1) is 11.8. The van der Waals surface area contributed by atoms with Crippen LogP contribution in [0.25, 0.3) is 0 Å². The first-order valence-corrected chi connectivity index (χ1v) is 11.6. The van der Waals surface area contributed by atoms with E-state index in [1.165, 1.54) is 25.1 Å². The van der Waals surface area contributed by atoms with Gasteiger partial charge in [-0.15, -0.1) is 0 Å². The molecule has 0 radical (unpaired) electrons. The average Bonchev–Trinajstić information content (AvgIpc) is 3.29. The van der Waals surface area contributed by atoms with E-state index in [1.54, 1.807) is 20.8 Å². The van der Waals surface area contributed by atoms with Crippen molar-refractivity contribution < 1.29 is 17.0 Å². The van der Waals surface area contributed by atoms with E-state index in [1.807, 2.05) is 6.07 Å². The molecule has 26 heavy (non-hydrogen) atoms. The van der Waals surface area contributed by atoms with E-state index in [0.717, 1.165) is 0 Å². The molecule has 0 aliphatic heterocycles. The number of nitrogens with one attached hydrogen (secondary N) is 1. The standard InChI is InChI=1S/C17H22BrFN2O3S2/c1-15(2,3)25(22)21-16(4,13-9-12(18)5-6-14(13)19)11-26(23,24)17(10-20)7-8-17/h5-6,9,21H,7-8,11H2,1-4H3. The van der Waals surface area contributed by atoms with E-state index < -0.39 is 47.4 Å². The fourth-order valence-corrected chi connectivity index (χ4v) is 6.04. The summed E-state index contributed by atoms with van der Waals surface area (Å²) in [6, 6.07) is 6.09. The minimum absolute atomic E-state index is 0.0850. The third kappa shape index (κ3) is 4.19. The van der Waals surface area contributed by atoms with Crippen LogP contribution in [0.2, 0.25) is 0 Å². The summed E-state index contributed by atoms with van der Waals surface area (Å²) in [4.78, 5) is 0. The van der Waals surface area contributed by atoms with Gasteiger partial charge in [0.1, 0.15) is 5.82 Å². The van der Waals surface area contributed by atoms with Crippen LogP contribution >= 0.6 is 15.9 Å². The van der Waals surface area contributed by atoms with E-state index in [0.29, 0.717) is 4.47 Å². The Labute approximate surface area is 165 Å². The van der Waals surface area contributed by atoms with Crippen molar-refractivity contribution in [3.63, 3.8) is 0 Å². The molecule has 1 N–H and O–H groups in total. The van der Waals surface area contributed by atoms with Crippen molar-refractivity contribution in [1.82, 2.24) is 4.72 Å². The quantitative estimate of drug-likeness (QED) is 0.699. The van der Waals surface area contributed by atoms with Crippen LogP contribution in [0.15, 0.2) is 22.7 Å². The number of benzene rings is 1. The number of hydrogen-bond acceptors (Lipinski definition) is 4. The van der Waals surface area contributed by atoms with E-state index in [-0.39, 0.29) is 18.4 Å². The molecule has 5 nitrogen and oxygen atoms in total. The van der Waals surface area contributed by atoms with Crippen molar-refractivity contribution in [3.05, 3.63) is 34.1 Å². The number of hydrogen-bond donors (Lipinski definition) is 1. The maximum atomic E-state index is 14.6. The maximum absolute atomic E-state index is 14.6. The number of nitrogens with zero attached hydrogens (tertiary/aromatic N) is 1. The maximum Gasteiger partial charge on any atom is 0.171 e. The van der Waals surface area contributed by atoms with E-state index in [9.17, 15) is 22.3 Å². The molecule has 0 aromatic heterocycles. The summed E-state index contributed by atoms with van der Waals surface area (Å²) >= 11 is 3.27. The summed E-state index contributed by atoms with van der Waals surface area (Å²) in [5.74, 6) is -1.13. The highest BCUT2D eigenvalue weighted by Gasteiger charge is 2.57. The van der Waals surface area contributed by atoms with E-state index >= 15 is 0 Å². The molecule has 1 fully saturated rings. The number of nitriles is 1. The third-order valence-electron chi connectivity index (χ3n) is 4.38. The summed E-state index contributed by atoms with van der Waals surface area (Å²) in [6.07, 6.45) is 0.538. The van der Waals surface area contributed by atoms with Crippen molar-refractivity contribution in [2.45, 2.75) is 55.6 Å². The van der Waals surface area contributed by atoms with Crippen molar-refractivity contribution in [2.75, 3.05) is 5.75 Å². The van der Waals surface area contributed by atoms with Gasteiger partial charge in [-0.3, -0.25) is 0 Å². The summed E-state index contributed by atoms with van der Waals surface area (Å²) in [5, 5.41) is 9.28. The number of halogens is 2. The summed E-state index contributed by atoms with van der Waals surface area (Å²) in [6.45, 7) is 6.71. The molecule has 2 rings (SSSR count). The highest BCUT2D eigenvalue weighted by Crippen LogP contribution is 2.45. The van der Waals surface area contributed by atoms with Crippen LogP contribution < -0.4 is 4.72 Å². The highest BCUT2D eigenvalue weighted by atomic mass is 79.9. The Hall–Kier alpha value is -0.820. The molecule has 1 aliphatic carbocycles. The fraction of sp³-hybridized carbons (Fsp3) is 0.588. The van der Waals surface area contributed by atoms with Gasteiger partial charge in [-0.1, -0.05) is 15.9 Å². The third-order valence-corrected chi connectivity index (χ3v) is 9.27. The van der Waals surface area contributed by atoms with Gasteiger partial charge in [0, 0.05) is 10.0 Å². The molecule has 0 bridgehead atoms. The molecule has 2 atom stereocenters. The minimum Gasteiger partial charge on any atom is -0.242 e. The topological polar surface area (TPSA) is 87.0 Å². The monoisotopic (exact) mass is 464 g/mol. The molecular weight excluding hydrogens is 443 g/mol. The van der Waals surface area contributed by atoms with Gasteiger partial charge >= 0.3 is 0 Å². The van der Waals surface area contributed by atoms with Crippen LogP contribution in [0, 0.1) is 17.1 Å². The second-order valence-corrected chi connectivity index (χ2v) is 13.0. The Morgan fingerprint density at radius 3 is 2.38 bits per heavy atom. The molecule has 2 unspecified atom stereocenters. The normalized spacial score (nSPS) is 20.0. The van der Waals surface area contributed by atoms with Crippen molar-refractivity contribution >= 4 is 36.8 Å². The molecule has 0 saturated heterocycles. The lowest BCUT2D eigenvalue weighted by Gasteiger charge is -2.34. The van der Waals surface area contributed by atoms with Crippen molar-refractivity contribution in [1.29, 1.82) is 5.26 Å². The second kappa shape index (κ2) is 6.97. The first-order valence-electron chi connectivity index (χ1n) is 8.05. The smallest absolute Gasteiger partial charge is 0.171 e. The average molecular weight is 465 g/mol. The molecule has 1 aliphatic rings. The highest BCUT2D eigenvalue weighted by molar-refractivity contribution is 9.10. The number of sulfone groups is 1. The van der Waals surface area contributed by atoms with Crippen molar-refractivity contribution in [3.8, 4) is 6.07 Å². The lowest BCUT2D eigenvalue weighted by Crippen LogP contribution is -2.51. The van der Waals surface area contributed by atoms with Crippen LogP contribution in [0.1, 0.15) is 46.1 Å². The zero-order valence-corrected chi connectivity index (χ0v) is 18.3. The van der Waals surface area contributed by atoms with Crippen LogP contribution in [0.5, 0.6) is 0 Å². The van der Waals surface area contributed by atoms with Gasteiger partial charge in [-0.2, -0.15) is 5.26 Å². The Balaban J connectivity index is 2.54. The van der Waals surface area contributed by atoms with Gasteiger partial charge in [0.05, 0.1) is 33.1 Å². The van der Waals surface area contributed by atoms with Gasteiger partial charge < -0.3 is 0 Å². The first kappa shape index (κ1) is 21.5. The minimum atomic E-state index is -3.87. The van der Waals surface area contributed by atoms with Gasteiger partial charge in [-0.25, -0.2) is 21.7 Å².